The number of anilines is 1. The van der Waals surface area contributed by atoms with Gasteiger partial charge in [0.1, 0.15) is 5.75 Å². The number of para-hydroxylation sites is 1. The Balaban J connectivity index is 1.49. The van der Waals surface area contributed by atoms with Crippen LogP contribution >= 0.6 is 11.6 Å². The van der Waals surface area contributed by atoms with Crippen molar-refractivity contribution in [1.29, 1.82) is 0 Å². The van der Waals surface area contributed by atoms with Crippen LogP contribution in [0.15, 0.2) is 48.5 Å². The van der Waals surface area contributed by atoms with Gasteiger partial charge in [-0.15, -0.1) is 5.10 Å². The molecular formula is C19H19ClN6O2. The van der Waals surface area contributed by atoms with Crippen LogP contribution in [0.2, 0.25) is 5.02 Å². The molecule has 1 aromatic heterocycles. The summed E-state index contributed by atoms with van der Waals surface area (Å²) in [5.74, 6) is 0.901. The first-order valence-electron chi connectivity index (χ1n) is 8.76. The normalized spacial score (nSPS) is 18.8. The average Bonchev–Trinajstić information content (AvgIpc) is 3.38. The molecule has 1 amide bonds. The highest BCUT2D eigenvalue weighted by atomic mass is 35.5. The minimum atomic E-state index is -0.325. The van der Waals surface area contributed by atoms with Crippen LogP contribution in [0, 0.1) is 5.92 Å². The molecule has 28 heavy (non-hydrogen) atoms. The largest absolute Gasteiger partial charge is 0.496 e. The van der Waals surface area contributed by atoms with E-state index in [9.17, 15) is 4.79 Å². The van der Waals surface area contributed by atoms with Crippen LogP contribution in [0.1, 0.15) is 11.6 Å². The predicted molar refractivity (Wildman–Crippen MR) is 106 cm³/mol. The monoisotopic (exact) mass is 398 g/mol. The fourth-order valence-electron chi connectivity index (χ4n) is 3.21. The molecule has 2 aromatic carbocycles. The van der Waals surface area contributed by atoms with Gasteiger partial charge >= 0.3 is 0 Å². The number of H-pyrrole nitrogens is 1. The van der Waals surface area contributed by atoms with Crippen molar-refractivity contribution in [1.82, 2.24) is 26.0 Å². The molecular weight excluding hydrogens is 380 g/mol. The molecule has 0 radical (unpaired) electrons. The average molecular weight is 399 g/mol. The highest BCUT2D eigenvalue weighted by Gasteiger charge is 2.34. The molecule has 144 valence electrons. The number of rotatable bonds is 5. The number of hydrogen-bond acceptors (Lipinski definition) is 6. The van der Waals surface area contributed by atoms with Crippen LogP contribution in [0.5, 0.6) is 5.75 Å². The van der Waals surface area contributed by atoms with Crippen LogP contribution in [0.3, 0.4) is 0 Å². The topological polar surface area (TPSA) is 104 Å². The van der Waals surface area contributed by atoms with Crippen LogP contribution in [-0.2, 0) is 4.79 Å². The van der Waals surface area contributed by atoms with Gasteiger partial charge in [0.15, 0.2) is 5.82 Å². The number of nitrogens with zero attached hydrogens (tertiary/aromatic N) is 2. The molecule has 4 N–H and O–H groups in total. The standard InChI is InChI=1S/C19H19ClN6O2/c1-28-15-5-3-2-4-13(15)17-22-19(26-25-17)23-18(27)14-10-21-24-16(14)11-6-8-12(20)9-7-11/h2-9,14,16,21,24H,10H2,1H3,(H2,22,23,25,26,27). The van der Waals surface area contributed by atoms with E-state index >= 15 is 0 Å². The number of ether oxygens (including phenoxy) is 1. The van der Waals surface area contributed by atoms with Gasteiger partial charge in [0, 0.05) is 11.6 Å². The summed E-state index contributed by atoms with van der Waals surface area (Å²) in [6.07, 6.45) is 0. The van der Waals surface area contributed by atoms with Gasteiger partial charge in [-0.25, -0.2) is 5.43 Å². The SMILES string of the molecule is COc1ccccc1-c1nc(NC(=O)C2CNNC2c2ccc(Cl)cc2)n[nH]1. The van der Waals surface area contributed by atoms with Crippen LogP contribution in [0.4, 0.5) is 5.95 Å². The van der Waals surface area contributed by atoms with Gasteiger partial charge in [-0.3, -0.25) is 20.6 Å². The Kier molecular flexibility index (Phi) is 5.25. The van der Waals surface area contributed by atoms with E-state index in [-0.39, 0.29) is 23.8 Å². The minimum Gasteiger partial charge on any atom is -0.496 e. The van der Waals surface area contributed by atoms with Crippen molar-refractivity contribution in [3.05, 3.63) is 59.1 Å². The predicted octanol–water partition coefficient (Wildman–Crippen LogP) is 2.54. The molecule has 1 aliphatic heterocycles. The third-order valence-corrected chi connectivity index (χ3v) is 4.88. The van der Waals surface area contributed by atoms with E-state index in [0.717, 1.165) is 11.1 Å². The molecule has 2 atom stereocenters. The van der Waals surface area contributed by atoms with E-state index in [4.69, 9.17) is 16.3 Å². The quantitative estimate of drug-likeness (QED) is 0.526. The van der Waals surface area contributed by atoms with E-state index in [0.29, 0.717) is 23.1 Å². The van der Waals surface area contributed by atoms with Crippen molar-refractivity contribution in [2.24, 2.45) is 5.92 Å². The maximum atomic E-state index is 12.8. The van der Waals surface area contributed by atoms with Crippen LogP contribution in [-0.4, -0.2) is 34.7 Å². The first-order valence-corrected chi connectivity index (χ1v) is 9.14. The van der Waals surface area contributed by atoms with E-state index in [1.165, 1.54) is 0 Å². The summed E-state index contributed by atoms with van der Waals surface area (Å²) in [7, 11) is 1.59. The number of aromatic amines is 1. The molecule has 1 aliphatic rings. The molecule has 4 rings (SSSR count). The molecule has 8 nitrogen and oxygen atoms in total. The van der Waals surface area contributed by atoms with E-state index in [2.05, 4.69) is 31.3 Å². The maximum absolute atomic E-state index is 12.8. The highest BCUT2D eigenvalue weighted by Crippen LogP contribution is 2.29. The number of carbonyl (C=O) groups is 1. The van der Waals surface area contributed by atoms with Gasteiger partial charge in [0.25, 0.3) is 0 Å². The first-order chi connectivity index (χ1) is 13.7. The van der Waals surface area contributed by atoms with Crippen molar-refractivity contribution >= 4 is 23.5 Å². The Morgan fingerprint density at radius 3 is 2.79 bits per heavy atom. The molecule has 2 heterocycles. The van der Waals surface area contributed by atoms with Gasteiger partial charge in [0.2, 0.25) is 11.9 Å². The van der Waals surface area contributed by atoms with E-state index < -0.39 is 0 Å². The lowest BCUT2D eigenvalue weighted by Crippen LogP contribution is -2.30. The van der Waals surface area contributed by atoms with Gasteiger partial charge in [-0.1, -0.05) is 35.9 Å². The number of hydrogen-bond donors (Lipinski definition) is 4. The number of aromatic nitrogens is 3. The summed E-state index contributed by atoms with van der Waals surface area (Å²) in [5.41, 5.74) is 7.91. The number of methoxy groups -OCH3 is 1. The third kappa shape index (κ3) is 3.70. The summed E-state index contributed by atoms with van der Waals surface area (Å²) in [4.78, 5) is 17.2. The van der Waals surface area contributed by atoms with Crippen molar-refractivity contribution in [3.63, 3.8) is 0 Å². The lowest BCUT2D eigenvalue weighted by atomic mass is 9.94. The smallest absolute Gasteiger partial charge is 0.249 e. The Labute approximate surface area is 166 Å². The fourth-order valence-corrected chi connectivity index (χ4v) is 3.33. The fraction of sp³-hybridized carbons (Fsp3) is 0.211. The van der Waals surface area contributed by atoms with E-state index in [1.54, 1.807) is 19.2 Å². The number of benzene rings is 2. The molecule has 2 unspecified atom stereocenters. The third-order valence-electron chi connectivity index (χ3n) is 4.63. The van der Waals surface area contributed by atoms with Gasteiger partial charge in [-0.05, 0) is 29.8 Å². The number of hydrazine groups is 1. The second-order valence-corrected chi connectivity index (χ2v) is 6.79. The second kappa shape index (κ2) is 7.97. The Morgan fingerprint density at radius 2 is 2.00 bits per heavy atom. The lowest BCUT2D eigenvalue weighted by Gasteiger charge is -2.17. The maximum Gasteiger partial charge on any atom is 0.249 e. The van der Waals surface area contributed by atoms with Crippen molar-refractivity contribution in [2.75, 3.05) is 19.0 Å². The zero-order valence-electron chi connectivity index (χ0n) is 15.1. The summed E-state index contributed by atoms with van der Waals surface area (Å²) >= 11 is 5.95. The van der Waals surface area contributed by atoms with E-state index in [1.807, 2.05) is 36.4 Å². The van der Waals surface area contributed by atoms with Gasteiger partial charge in [0.05, 0.1) is 24.6 Å². The molecule has 3 aromatic rings. The zero-order valence-corrected chi connectivity index (χ0v) is 15.8. The minimum absolute atomic E-state index is 0.176. The van der Waals surface area contributed by atoms with Crippen LogP contribution in [0.25, 0.3) is 11.4 Å². The lowest BCUT2D eigenvalue weighted by molar-refractivity contribution is -0.119. The summed E-state index contributed by atoms with van der Waals surface area (Å²) in [5, 5.41) is 10.4. The molecule has 1 saturated heterocycles. The Bertz CT molecular complexity index is 975. The van der Waals surface area contributed by atoms with Gasteiger partial charge in [-0.2, -0.15) is 4.98 Å². The van der Waals surface area contributed by atoms with Gasteiger partial charge < -0.3 is 4.74 Å². The zero-order chi connectivity index (χ0) is 19.5. The summed E-state index contributed by atoms with van der Waals surface area (Å²) < 4.78 is 5.34. The second-order valence-electron chi connectivity index (χ2n) is 6.36. The van der Waals surface area contributed by atoms with Crippen molar-refractivity contribution < 1.29 is 9.53 Å². The first kappa shape index (κ1) is 18.4. The number of halogens is 1. The van der Waals surface area contributed by atoms with Crippen LogP contribution < -0.4 is 20.9 Å². The molecule has 9 heteroatoms. The molecule has 0 spiro atoms. The Hall–Kier alpha value is -2.94. The molecule has 0 aliphatic carbocycles. The molecule has 1 fully saturated rings. The van der Waals surface area contributed by atoms with Crippen molar-refractivity contribution in [2.45, 2.75) is 6.04 Å². The number of nitrogens with one attached hydrogen (secondary N) is 4. The Morgan fingerprint density at radius 1 is 1.21 bits per heavy atom. The molecule has 0 bridgehead atoms. The van der Waals surface area contributed by atoms with Crippen molar-refractivity contribution in [3.8, 4) is 17.1 Å². The summed E-state index contributed by atoms with van der Waals surface area (Å²) in [6, 6.07) is 14.7. The molecule has 0 saturated carbocycles. The summed E-state index contributed by atoms with van der Waals surface area (Å²) in [6.45, 7) is 0.489. The number of carbonyl (C=O) groups excluding carboxylic acids is 1. The number of amides is 1. The highest BCUT2D eigenvalue weighted by molar-refractivity contribution is 6.30.